The van der Waals surface area contributed by atoms with Gasteiger partial charge < -0.3 is 4.57 Å². The van der Waals surface area contributed by atoms with Gasteiger partial charge in [0.1, 0.15) is 0 Å². The first-order valence-electron chi connectivity index (χ1n) is 3.79. The highest BCUT2D eigenvalue weighted by molar-refractivity contribution is 6.20. The molecule has 0 radical (unpaired) electrons. The van der Waals surface area contributed by atoms with Gasteiger partial charge in [-0.05, 0) is 13.8 Å². The molecule has 2 atom stereocenters. The third kappa shape index (κ3) is 1.85. The van der Waals surface area contributed by atoms with Crippen molar-refractivity contribution in [1.29, 1.82) is 0 Å². The van der Waals surface area contributed by atoms with Crippen molar-refractivity contribution in [2.45, 2.75) is 25.3 Å². The van der Waals surface area contributed by atoms with E-state index in [2.05, 4.69) is 4.98 Å². The Morgan fingerprint density at radius 1 is 1.58 bits per heavy atom. The van der Waals surface area contributed by atoms with E-state index in [1.54, 1.807) is 17.0 Å². The molecule has 66 valence electrons. The standard InChI is InChI=1S/C8H11ClN2O/c1-6(9)7(2)11-4-3-10-5-8(11)12/h3-7H,1-2H3. The average molecular weight is 187 g/mol. The minimum Gasteiger partial charge on any atom is -0.308 e. The normalized spacial score (nSPS) is 15.6. The number of aromatic nitrogens is 2. The van der Waals surface area contributed by atoms with Crippen molar-refractivity contribution in [3.05, 3.63) is 28.9 Å². The Bertz CT molecular complexity index is 308. The summed E-state index contributed by atoms with van der Waals surface area (Å²) >= 11 is 5.85. The summed E-state index contributed by atoms with van der Waals surface area (Å²) in [6, 6.07) is 0.00201. The molecule has 0 saturated heterocycles. The Hall–Kier alpha value is -0.830. The van der Waals surface area contributed by atoms with Crippen LogP contribution < -0.4 is 5.56 Å². The van der Waals surface area contributed by atoms with Gasteiger partial charge in [-0.1, -0.05) is 0 Å². The smallest absolute Gasteiger partial charge is 0.269 e. The second kappa shape index (κ2) is 3.72. The van der Waals surface area contributed by atoms with Gasteiger partial charge in [0.25, 0.3) is 5.56 Å². The zero-order valence-electron chi connectivity index (χ0n) is 7.07. The van der Waals surface area contributed by atoms with Gasteiger partial charge in [0.05, 0.1) is 17.6 Å². The van der Waals surface area contributed by atoms with E-state index in [1.165, 1.54) is 6.20 Å². The van der Waals surface area contributed by atoms with E-state index in [4.69, 9.17) is 11.6 Å². The molecule has 0 bridgehead atoms. The van der Waals surface area contributed by atoms with Gasteiger partial charge in [0.15, 0.2) is 0 Å². The largest absolute Gasteiger partial charge is 0.308 e. The summed E-state index contributed by atoms with van der Waals surface area (Å²) in [7, 11) is 0. The minimum atomic E-state index is -0.113. The summed E-state index contributed by atoms with van der Waals surface area (Å²) in [4.78, 5) is 14.9. The van der Waals surface area contributed by atoms with Crippen molar-refractivity contribution in [3.63, 3.8) is 0 Å². The van der Waals surface area contributed by atoms with E-state index >= 15 is 0 Å². The molecule has 12 heavy (non-hydrogen) atoms. The molecule has 0 fully saturated rings. The first-order valence-corrected chi connectivity index (χ1v) is 4.23. The molecule has 1 aromatic rings. The highest BCUT2D eigenvalue weighted by Gasteiger charge is 2.11. The van der Waals surface area contributed by atoms with Crippen LogP contribution in [0.2, 0.25) is 0 Å². The molecule has 4 heteroatoms. The minimum absolute atomic E-state index is 0.00201. The van der Waals surface area contributed by atoms with E-state index < -0.39 is 0 Å². The molecule has 2 unspecified atom stereocenters. The quantitative estimate of drug-likeness (QED) is 0.655. The topological polar surface area (TPSA) is 34.9 Å². The SMILES string of the molecule is CC(Cl)C(C)n1ccncc1=O. The molecule has 0 aliphatic carbocycles. The fourth-order valence-electron chi connectivity index (χ4n) is 0.915. The van der Waals surface area contributed by atoms with E-state index in [0.29, 0.717) is 0 Å². The van der Waals surface area contributed by atoms with Gasteiger partial charge in [-0.15, -0.1) is 11.6 Å². The predicted octanol–water partition coefficient (Wildman–Crippen LogP) is 1.43. The zero-order chi connectivity index (χ0) is 9.14. The van der Waals surface area contributed by atoms with Gasteiger partial charge >= 0.3 is 0 Å². The summed E-state index contributed by atoms with van der Waals surface area (Å²) in [5.74, 6) is 0. The van der Waals surface area contributed by atoms with E-state index in [-0.39, 0.29) is 17.0 Å². The Morgan fingerprint density at radius 2 is 2.25 bits per heavy atom. The van der Waals surface area contributed by atoms with Crippen LogP contribution in [0.25, 0.3) is 0 Å². The third-order valence-corrected chi connectivity index (χ3v) is 2.22. The van der Waals surface area contributed by atoms with Crippen LogP contribution in [0.3, 0.4) is 0 Å². The molecule has 0 aliphatic rings. The zero-order valence-corrected chi connectivity index (χ0v) is 7.82. The van der Waals surface area contributed by atoms with Crippen LogP contribution in [0.5, 0.6) is 0 Å². The van der Waals surface area contributed by atoms with Gasteiger partial charge in [-0.2, -0.15) is 0 Å². The van der Waals surface area contributed by atoms with Crippen LogP contribution >= 0.6 is 11.6 Å². The van der Waals surface area contributed by atoms with Gasteiger partial charge in [-0.25, -0.2) is 0 Å². The second-order valence-corrected chi connectivity index (χ2v) is 3.43. The molecule has 0 aliphatic heterocycles. The summed E-state index contributed by atoms with van der Waals surface area (Å²) in [6.45, 7) is 3.76. The molecule has 1 rings (SSSR count). The Morgan fingerprint density at radius 3 is 2.75 bits per heavy atom. The van der Waals surface area contributed by atoms with Crippen molar-refractivity contribution in [2.75, 3.05) is 0 Å². The molecule has 3 nitrogen and oxygen atoms in total. The van der Waals surface area contributed by atoms with Crippen LogP contribution in [0, 0.1) is 0 Å². The lowest BCUT2D eigenvalue weighted by molar-refractivity contribution is 0.517. The molecule has 0 N–H and O–H groups in total. The van der Waals surface area contributed by atoms with Crippen molar-refractivity contribution in [1.82, 2.24) is 9.55 Å². The van der Waals surface area contributed by atoms with Gasteiger partial charge in [-0.3, -0.25) is 9.78 Å². The van der Waals surface area contributed by atoms with Crippen LogP contribution in [0.15, 0.2) is 23.4 Å². The number of hydrogen-bond donors (Lipinski definition) is 0. The number of halogens is 1. The molecule has 0 spiro atoms. The average Bonchev–Trinajstić information content (AvgIpc) is 2.04. The molecule has 0 amide bonds. The van der Waals surface area contributed by atoms with Crippen LogP contribution in [-0.4, -0.2) is 14.9 Å². The Balaban J connectivity index is 3.03. The van der Waals surface area contributed by atoms with Crippen LogP contribution in [0.1, 0.15) is 19.9 Å². The number of hydrogen-bond acceptors (Lipinski definition) is 2. The van der Waals surface area contributed by atoms with Crippen molar-refractivity contribution >= 4 is 11.6 Å². The number of rotatable bonds is 2. The van der Waals surface area contributed by atoms with Crippen LogP contribution in [-0.2, 0) is 0 Å². The van der Waals surface area contributed by atoms with Gasteiger partial charge in [0, 0.05) is 12.4 Å². The maximum atomic E-state index is 11.2. The third-order valence-electron chi connectivity index (χ3n) is 1.86. The fourth-order valence-corrected chi connectivity index (χ4v) is 1.04. The highest BCUT2D eigenvalue weighted by Crippen LogP contribution is 2.12. The van der Waals surface area contributed by atoms with E-state index in [0.717, 1.165) is 0 Å². The Labute approximate surface area is 76.0 Å². The Kier molecular flexibility index (Phi) is 2.87. The lowest BCUT2D eigenvalue weighted by Crippen LogP contribution is -2.26. The molecular weight excluding hydrogens is 176 g/mol. The summed E-state index contributed by atoms with van der Waals surface area (Å²) in [5.41, 5.74) is -0.113. The molecular formula is C8H11ClN2O. The number of alkyl halides is 1. The first kappa shape index (κ1) is 9.26. The van der Waals surface area contributed by atoms with Crippen molar-refractivity contribution < 1.29 is 0 Å². The first-order chi connectivity index (χ1) is 5.63. The van der Waals surface area contributed by atoms with Gasteiger partial charge in [0.2, 0.25) is 0 Å². The second-order valence-electron chi connectivity index (χ2n) is 2.74. The van der Waals surface area contributed by atoms with Crippen molar-refractivity contribution in [3.8, 4) is 0 Å². The van der Waals surface area contributed by atoms with E-state index in [9.17, 15) is 4.79 Å². The van der Waals surface area contributed by atoms with Crippen molar-refractivity contribution in [2.24, 2.45) is 0 Å². The summed E-state index contributed by atoms with van der Waals surface area (Å²) < 4.78 is 1.57. The molecule has 1 heterocycles. The lowest BCUT2D eigenvalue weighted by Gasteiger charge is -2.15. The lowest BCUT2D eigenvalue weighted by atomic mass is 10.2. The summed E-state index contributed by atoms with van der Waals surface area (Å²) in [6.07, 6.45) is 4.51. The molecule has 0 saturated carbocycles. The fraction of sp³-hybridized carbons (Fsp3) is 0.500. The summed E-state index contributed by atoms with van der Waals surface area (Å²) in [5, 5.41) is -0.0647. The van der Waals surface area contributed by atoms with E-state index in [1.807, 2.05) is 13.8 Å². The van der Waals surface area contributed by atoms with Crippen LogP contribution in [0.4, 0.5) is 0 Å². The highest BCUT2D eigenvalue weighted by atomic mass is 35.5. The molecule has 0 aromatic carbocycles. The number of nitrogens with zero attached hydrogens (tertiary/aromatic N) is 2. The molecule has 1 aromatic heterocycles. The maximum absolute atomic E-state index is 11.2. The predicted molar refractivity (Wildman–Crippen MR) is 48.5 cm³/mol. The monoisotopic (exact) mass is 186 g/mol. The maximum Gasteiger partial charge on any atom is 0.269 e.